The van der Waals surface area contributed by atoms with Gasteiger partial charge in [0.2, 0.25) is 0 Å². The molecule has 42 heavy (non-hydrogen) atoms. The molecule has 3 saturated carbocycles. The lowest BCUT2D eigenvalue weighted by molar-refractivity contribution is -0.108. The molecule has 1 saturated heterocycles. The maximum absolute atomic E-state index is 14.1. The third-order valence-electron chi connectivity index (χ3n) is 9.95. The molecule has 5 unspecified atom stereocenters. The lowest BCUT2D eigenvalue weighted by atomic mass is 9.45. The van der Waals surface area contributed by atoms with Gasteiger partial charge in [0.1, 0.15) is 18.2 Å². The summed E-state index contributed by atoms with van der Waals surface area (Å²) in [5.74, 6) is 1.50. The fourth-order valence-electron chi connectivity index (χ4n) is 7.16. The van der Waals surface area contributed by atoms with Crippen molar-refractivity contribution in [3.63, 3.8) is 0 Å². The molecule has 0 amide bonds. The van der Waals surface area contributed by atoms with Crippen LogP contribution < -0.4 is 20.9 Å². The van der Waals surface area contributed by atoms with Gasteiger partial charge in [0.25, 0.3) is 5.56 Å². The molecule has 2 heterocycles. The molecule has 2 N–H and O–H groups in total. The normalized spacial score (nSPS) is 27.1. The molecule has 8 nitrogen and oxygen atoms in total. The van der Waals surface area contributed by atoms with Gasteiger partial charge in [0.15, 0.2) is 17.5 Å². The Morgan fingerprint density at radius 3 is 2.71 bits per heavy atom. The summed E-state index contributed by atoms with van der Waals surface area (Å²) in [5.41, 5.74) is 1.46. The molecule has 2 aromatic carbocycles. The largest absolute Gasteiger partial charge is 0.483 e. The molecule has 10 heteroatoms. The topological polar surface area (TPSA) is 83.8 Å². The highest BCUT2D eigenvalue weighted by molar-refractivity contribution is 5.96. The monoisotopic (exact) mass is 578 g/mol. The van der Waals surface area contributed by atoms with Crippen LogP contribution in [-0.2, 0) is 13.7 Å². The lowest BCUT2D eigenvalue weighted by Gasteiger charge is -2.61. The van der Waals surface area contributed by atoms with Gasteiger partial charge in [-0.05, 0) is 73.3 Å². The van der Waals surface area contributed by atoms with Gasteiger partial charge in [-0.15, -0.1) is 0 Å². The first kappa shape index (κ1) is 28.6. The lowest BCUT2D eigenvalue weighted by Crippen LogP contribution is -2.57. The van der Waals surface area contributed by atoms with Crippen molar-refractivity contribution >= 4 is 22.5 Å². The summed E-state index contributed by atoms with van der Waals surface area (Å²) < 4.78 is 34.4. The SMILES string of the molecule is CC1CN(C(=NC2CC3CC(C2C)C3(C)C)Nc2ccc3c(=O)n(C)c(COc4ccc(F)cc4F)nc3c2)CCN1. The third kappa shape index (κ3) is 5.25. The van der Waals surface area contributed by atoms with Crippen molar-refractivity contribution in [3.05, 3.63) is 64.2 Å². The fraction of sp³-hybridized carbons (Fsp3) is 0.531. The summed E-state index contributed by atoms with van der Waals surface area (Å²) in [7, 11) is 1.61. The number of nitrogens with zero attached hydrogens (tertiary/aromatic N) is 4. The van der Waals surface area contributed by atoms with Crippen molar-refractivity contribution in [2.45, 2.75) is 59.2 Å². The molecule has 4 fully saturated rings. The number of piperazine rings is 1. The molecule has 0 radical (unpaired) electrons. The molecule has 1 aliphatic heterocycles. The molecule has 3 aromatic rings. The maximum atomic E-state index is 14.1. The number of halogens is 2. The van der Waals surface area contributed by atoms with E-state index in [4.69, 9.17) is 9.73 Å². The van der Waals surface area contributed by atoms with E-state index in [1.54, 1.807) is 13.1 Å². The molecule has 4 aliphatic rings. The zero-order chi connectivity index (χ0) is 29.8. The number of rotatable bonds is 5. The molecule has 0 spiro atoms. The van der Waals surface area contributed by atoms with E-state index in [9.17, 15) is 13.6 Å². The summed E-state index contributed by atoms with van der Waals surface area (Å²) in [6.45, 7) is 11.8. The first-order valence-electron chi connectivity index (χ1n) is 14.9. The number of guanidine groups is 1. The number of anilines is 1. The second-order valence-electron chi connectivity index (χ2n) is 12.9. The van der Waals surface area contributed by atoms with Gasteiger partial charge in [0, 0.05) is 44.5 Å². The fourth-order valence-corrected chi connectivity index (χ4v) is 7.16. The highest BCUT2D eigenvalue weighted by Crippen LogP contribution is 2.61. The molecule has 2 bridgehead atoms. The molecule has 1 aromatic heterocycles. The first-order chi connectivity index (χ1) is 20.0. The van der Waals surface area contributed by atoms with E-state index in [1.807, 2.05) is 12.1 Å². The van der Waals surface area contributed by atoms with Crippen molar-refractivity contribution in [1.29, 1.82) is 0 Å². The quantitative estimate of drug-likeness (QED) is 0.330. The van der Waals surface area contributed by atoms with E-state index < -0.39 is 11.6 Å². The van der Waals surface area contributed by atoms with Crippen LogP contribution in [0.4, 0.5) is 14.5 Å². The highest BCUT2D eigenvalue weighted by atomic mass is 19.1. The number of hydrogen-bond acceptors (Lipinski definition) is 5. The second-order valence-corrected chi connectivity index (χ2v) is 12.9. The van der Waals surface area contributed by atoms with Crippen LogP contribution in [0, 0.1) is 34.8 Å². The minimum atomic E-state index is -0.811. The van der Waals surface area contributed by atoms with Crippen molar-refractivity contribution in [2.24, 2.45) is 35.2 Å². The van der Waals surface area contributed by atoms with Gasteiger partial charge in [-0.2, -0.15) is 0 Å². The van der Waals surface area contributed by atoms with Crippen molar-refractivity contribution in [3.8, 4) is 5.75 Å². The summed E-state index contributed by atoms with van der Waals surface area (Å²) in [6.07, 6.45) is 2.41. The minimum Gasteiger partial charge on any atom is -0.483 e. The molecule has 3 aliphatic carbocycles. The first-order valence-corrected chi connectivity index (χ1v) is 14.9. The van der Waals surface area contributed by atoms with E-state index in [0.717, 1.165) is 49.8 Å². The van der Waals surface area contributed by atoms with Gasteiger partial charge in [-0.25, -0.2) is 18.8 Å². The summed E-state index contributed by atoms with van der Waals surface area (Å²) in [4.78, 5) is 25.5. The highest BCUT2D eigenvalue weighted by Gasteiger charge is 2.56. The molecular formula is C32H40F2N6O2. The van der Waals surface area contributed by atoms with Gasteiger partial charge >= 0.3 is 0 Å². The minimum absolute atomic E-state index is 0.106. The number of benzene rings is 2. The average molecular weight is 579 g/mol. The van der Waals surface area contributed by atoms with Gasteiger partial charge in [-0.1, -0.05) is 20.8 Å². The predicted octanol–water partition coefficient (Wildman–Crippen LogP) is 4.92. The van der Waals surface area contributed by atoms with Crippen molar-refractivity contribution < 1.29 is 13.5 Å². The number of fused-ring (bicyclic) bond motifs is 3. The second kappa shape index (κ2) is 10.9. The summed E-state index contributed by atoms with van der Waals surface area (Å²) >= 11 is 0. The van der Waals surface area contributed by atoms with Crippen LogP contribution >= 0.6 is 0 Å². The van der Waals surface area contributed by atoms with Gasteiger partial charge in [-0.3, -0.25) is 9.36 Å². The zero-order valence-corrected chi connectivity index (χ0v) is 25.0. The Hall–Kier alpha value is -3.53. The number of hydrogen-bond donors (Lipinski definition) is 2. The smallest absolute Gasteiger partial charge is 0.261 e. The maximum Gasteiger partial charge on any atom is 0.261 e. The molecule has 224 valence electrons. The Morgan fingerprint density at radius 1 is 1.19 bits per heavy atom. The van der Waals surface area contributed by atoms with Gasteiger partial charge < -0.3 is 20.3 Å². The van der Waals surface area contributed by atoms with Crippen LogP contribution in [0.15, 0.2) is 46.2 Å². The Balaban J connectivity index is 1.29. The van der Waals surface area contributed by atoms with Gasteiger partial charge in [0.05, 0.1) is 16.9 Å². The van der Waals surface area contributed by atoms with E-state index >= 15 is 0 Å². The van der Waals surface area contributed by atoms with Crippen LogP contribution in [0.25, 0.3) is 10.9 Å². The van der Waals surface area contributed by atoms with Crippen LogP contribution in [0.2, 0.25) is 0 Å². The third-order valence-corrected chi connectivity index (χ3v) is 9.95. The Morgan fingerprint density at radius 2 is 2.00 bits per heavy atom. The van der Waals surface area contributed by atoms with Crippen LogP contribution in [0.3, 0.4) is 0 Å². The molecule has 5 atom stereocenters. The standard InChI is InChI=1S/C32H40F2N6O2/c1-18-16-40(11-10-35-18)31(38-26-13-20-12-24(19(26)2)32(20,3)4)36-22-7-8-23-27(15-22)37-29(39(5)30(23)41)17-42-28-9-6-21(33)14-25(28)34/h6-9,14-15,18-20,24,26,35H,10-13,16-17H2,1-5H3,(H,36,38). The number of aliphatic imine (C=N–C) groups is 1. The van der Waals surface area contributed by atoms with Crippen molar-refractivity contribution in [1.82, 2.24) is 19.8 Å². The van der Waals surface area contributed by atoms with E-state index in [1.165, 1.54) is 17.1 Å². The molecule has 7 rings (SSSR count). The van der Waals surface area contributed by atoms with E-state index in [2.05, 4.69) is 48.2 Å². The number of nitrogens with one attached hydrogen (secondary N) is 2. The number of aromatic nitrogens is 2. The van der Waals surface area contributed by atoms with E-state index in [0.29, 0.717) is 45.9 Å². The summed E-state index contributed by atoms with van der Waals surface area (Å²) in [5, 5.41) is 7.57. The van der Waals surface area contributed by atoms with Crippen LogP contribution in [0.5, 0.6) is 5.75 Å². The average Bonchev–Trinajstić information content (AvgIpc) is 2.95. The summed E-state index contributed by atoms with van der Waals surface area (Å²) in [6, 6.07) is 9.23. The predicted molar refractivity (Wildman–Crippen MR) is 161 cm³/mol. The number of ether oxygens (including phenoxy) is 1. The Labute approximate surface area is 245 Å². The Kier molecular flexibility index (Phi) is 7.45. The van der Waals surface area contributed by atoms with Crippen LogP contribution in [0.1, 0.15) is 46.4 Å². The van der Waals surface area contributed by atoms with Crippen LogP contribution in [-0.4, -0.2) is 52.1 Å². The Bertz CT molecular complexity index is 1590. The van der Waals surface area contributed by atoms with Crippen molar-refractivity contribution in [2.75, 3.05) is 25.0 Å². The zero-order valence-electron chi connectivity index (χ0n) is 25.0. The van der Waals surface area contributed by atoms with E-state index in [-0.39, 0.29) is 24.0 Å². The molecular weight excluding hydrogens is 538 g/mol.